The first kappa shape index (κ1) is 24.0. The molecule has 7 unspecified atom stereocenters. The van der Waals surface area contributed by atoms with Crippen molar-refractivity contribution in [1.29, 1.82) is 0 Å². The molecule has 0 bridgehead atoms. The number of fused-ring (bicyclic) bond motifs is 5. The second kappa shape index (κ2) is 8.91. The highest BCUT2D eigenvalue weighted by Crippen LogP contribution is 2.67. The molecule has 0 aromatic rings. The summed E-state index contributed by atoms with van der Waals surface area (Å²) in [5.74, 6) is 5.45. The van der Waals surface area contributed by atoms with Crippen LogP contribution in [-0.4, -0.2) is 16.7 Å². The zero-order chi connectivity index (χ0) is 23.3. The highest BCUT2D eigenvalue weighted by molar-refractivity contribution is 6.07. The van der Waals surface area contributed by atoms with Crippen molar-refractivity contribution in [1.82, 2.24) is 0 Å². The van der Waals surface area contributed by atoms with E-state index in [0.29, 0.717) is 34.7 Å². The third-order valence-electron chi connectivity index (χ3n) is 11.2. The van der Waals surface area contributed by atoms with E-state index in [-0.39, 0.29) is 5.41 Å². The lowest BCUT2D eigenvalue weighted by atomic mass is 9.46. The fourth-order valence-electron chi connectivity index (χ4n) is 9.14. The molecule has 0 aliphatic heterocycles. The SMILES string of the molecule is CCC(CC[C@@H](C)C1CCC2C3CC(=O)C4=C/C(=N/O)CCC4(C)C3CCC21C)C(C)C. The molecule has 0 spiro atoms. The Kier molecular flexibility index (Phi) is 6.69. The van der Waals surface area contributed by atoms with Crippen LogP contribution >= 0.6 is 0 Å². The van der Waals surface area contributed by atoms with Crippen LogP contribution in [0.2, 0.25) is 0 Å². The smallest absolute Gasteiger partial charge is 0.159 e. The fourth-order valence-corrected chi connectivity index (χ4v) is 9.14. The fraction of sp³-hybridized carbons (Fsp3) is 0.862. The van der Waals surface area contributed by atoms with Crippen LogP contribution in [0.3, 0.4) is 0 Å². The van der Waals surface area contributed by atoms with E-state index in [1.807, 2.05) is 6.08 Å². The van der Waals surface area contributed by atoms with Crippen molar-refractivity contribution in [3.8, 4) is 0 Å². The predicted molar refractivity (Wildman–Crippen MR) is 132 cm³/mol. The molecule has 8 atom stereocenters. The van der Waals surface area contributed by atoms with Crippen molar-refractivity contribution in [3.63, 3.8) is 0 Å². The molecule has 4 aliphatic carbocycles. The average molecular weight is 442 g/mol. The first-order chi connectivity index (χ1) is 15.2. The van der Waals surface area contributed by atoms with E-state index in [2.05, 4.69) is 46.7 Å². The van der Waals surface area contributed by atoms with Gasteiger partial charge in [-0.25, -0.2) is 0 Å². The van der Waals surface area contributed by atoms with Gasteiger partial charge < -0.3 is 5.21 Å². The third kappa shape index (κ3) is 3.80. The Balaban J connectivity index is 1.52. The molecule has 4 aliphatic rings. The summed E-state index contributed by atoms with van der Waals surface area (Å²) in [4.78, 5) is 13.3. The van der Waals surface area contributed by atoms with E-state index in [0.717, 1.165) is 48.5 Å². The van der Waals surface area contributed by atoms with Crippen LogP contribution in [0.5, 0.6) is 0 Å². The number of ketones is 1. The number of carbonyl (C=O) groups excluding carboxylic acids is 1. The van der Waals surface area contributed by atoms with E-state index in [9.17, 15) is 10.0 Å². The van der Waals surface area contributed by atoms with Gasteiger partial charge in [-0.15, -0.1) is 0 Å². The van der Waals surface area contributed by atoms with Crippen LogP contribution in [-0.2, 0) is 4.79 Å². The number of hydrogen-bond acceptors (Lipinski definition) is 3. The van der Waals surface area contributed by atoms with E-state index in [4.69, 9.17) is 0 Å². The lowest BCUT2D eigenvalue weighted by molar-refractivity contribution is -0.128. The van der Waals surface area contributed by atoms with Gasteiger partial charge in [-0.3, -0.25) is 4.79 Å². The lowest BCUT2D eigenvalue weighted by Crippen LogP contribution is -2.53. The van der Waals surface area contributed by atoms with Gasteiger partial charge in [0.15, 0.2) is 5.78 Å². The molecule has 3 heteroatoms. The van der Waals surface area contributed by atoms with Crippen molar-refractivity contribution in [2.24, 2.45) is 57.4 Å². The van der Waals surface area contributed by atoms with Gasteiger partial charge in [0, 0.05) is 12.0 Å². The van der Waals surface area contributed by atoms with Gasteiger partial charge in [0.2, 0.25) is 0 Å². The molecule has 180 valence electrons. The topological polar surface area (TPSA) is 49.7 Å². The Morgan fingerprint density at radius 1 is 1.09 bits per heavy atom. The molecule has 4 rings (SSSR count). The molecule has 0 heterocycles. The Morgan fingerprint density at radius 3 is 2.50 bits per heavy atom. The summed E-state index contributed by atoms with van der Waals surface area (Å²) in [6.07, 6.45) is 13.7. The molecule has 1 N–H and O–H groups in total. The number of allylic oxidation sites excluding steroid dienone is 2. The standard InChI is InChI=1S/C29H47NO2/c1-7-20(18(2)3)9-8-19(4)23-10-11-24-22-17-27(31)26-16-21(30-32)12-14-29(26,6)25(22)13-15-28(23,24)5/h16,18-20,22-25,32H,7-15,17H2,1-6H3/b30-21+/t19-,20?,22?,23?,24?,25?,28?,29?/m1/s1. The maximum atomic E-state index is 13.3. The molecule has 0 aromatic heterocycles. The number of Topliss-reactive ketones (excluding diaryl/α,β-unsaturated/α-hetero) is 1. The summed E-state index contributed by atoms with van der Waals surface area (Å²) in [5, 5.41) is 12.7. The zero-order valence-corrected chi connectivity index (χ0v) is 21.5. The minimum atomic E-state index is -0.0230. The minimum absolute atomic E-state index is 0.0230. The summed E-state index contributed by atoms with van der Waals surface area (Å²) >= 11 is 0. The molecule has 0 amide bonds. The van der Waals surface area contributed by atoms with Crippen molar-refractivity contribution >= 4 is 11.5 Å². The number of oxime groups is 1. The number of nitrogens with zero attached hydrogens (tertiary/aromatic N) is 1. The van der Waals surface area contributed by atoms with Crippen LogP contribution in [0.15, 0.2) is 16.8 Å². The van der Waals surface area contributed by atoms with Gasteiger partial charge in [0.25, 0.3) is 0 Å². The van der Waals surface area contributed by atoms with Gasteiger partial charge >= 0.3 is 0 Å². The molecule has 3 nitrogen and oxygen atoms in total. The normalized spacial score (nSPS) is 42.3. The minimum Gasteiger partial charge on any atom is -0.411 e. The van der Waals surface area contributed by atoms with Crippen molar-refractivity contribution < 1.29 is 10.0 Å². The first-order valence-corrected chi connectivity index (χ1v) is 13.6. The summed E-state index contributed by atoms with van der Waals surface area (Å²) in [6.45, 7) is 14.6. The highest BCUT2D eigenvalue weighted by atomic mass is 16.4. The van der Waals surface area contributed by atoms with Crippen molar-refractivity contribution in [2.45, 2.75) is 106 Å². The second-order valence-electron chi connectivity index (χ2n) is 12.8. The lowest BCUT2D eigenvalue weighted by Gasteiger charge is -2.58. The van der Waals surface area contributed by atoms with Crippen LogP contribution in [0.25, 0.3) is 0 Å². The highest BCUT2D eigenvalue weighted by Gasteiger charge is 2.60. The Labute approximate surface area is 196 Å². The quantitative estimate of drug-likeness (QED) is 0.339. The molecular formula is C29H47NO2. The molecule has 32 heavy (non-hydrogen) atoms. The van der Waals surface area contributed by atoms with Crippen molar-refractivity contribution in [3.05, 3.63) is 11.6 Å². The largest absolute Gasteiger partial charge is 0.411 e. The Hall–Kier alpha value is -1.12. The van der Waals surface area contributed by atoms with Crippen LogP contribution in [0.1, 0.15) is 106 Å². The second-order valence-corrected chi connectivity index (χ2v) is 12.8. The van der Waals surface area contributed by atoms with Crippen LogP contribution < -0.4 is 0 Å². The van der Waals surface area contributed by atoms with Gasteiger partial charge in [0.05, 0.1) is 5.71 Å². The third-order valence-corrected chi connectivity index (χ3v) is 11.2. The van der Waals surface area contributed by atoms with Crippen LogP contribution in [0.4, 0.5) is 0 Å². The summed E-state index contributed by atoms with van der Waals surface area (Å²) in [7, 11) is 0. The number of rotatable bonds is 6. The van der Waals surface area contributed by atoms with Gasteiger partial charge in [-0.05, 0) is 103 Å². The molecule has 0 radical (unpaired) electrons. The predicted octanol–water partition coefficient (Wildman–Crippen LogP) is 7.67. The Bertz CT molecular complexity index is 782. The zero-order valence-electron chi connectivity index (χ0n) is 21.5. The van der Waals surface area contributed by atoms with Gasteiger partial charge in [0.1, 0.15) is 0 Å². The van der Waals surface area contributed by atoms with Crippen LogP contribution in [0, 0.1) is 52.3 Å². The molecule has 0 saturated heterocycles. The molecule has 3 saturated carbocycles. The van der Waals surface area contributed by atoms with Crippen molar-refractivity contribution in [2.75, 3.05) is 0 Å². The molecule has 3 fully saturated rings. The monoisotopic (exact) mass is 441 g/mol. The van der Waals surface area contributed by atoms with E-state index >= 15 is 0 Å². The maximum absolute atomic E-state index is 13.3. The summed E-state index contributed by atoms with van der Waals surface area (Å²) in [5.41, 5.74) is 2.03. The summed E-state index contributed by atoms with van der Waals surface area (Å²) in [6, 6.07) is 0. The number of hydrogen-bond donors (Lipinski definition) is 1. The van der Waals surface area contributed by atoms with E-state index < -0.39 is 0 Å². The first-order valence-electron chi connectivity index (χ1n) is 13.6. The molecule has 0 aromatic carbocycles. The Morgan fingerprint density at radius 2 is 1.84 bits per heavy atom. The average Bonchev–Trinajstić information content (AvgIpc) is 3.11. The van der Waals surface area contributed by atoms with E-state index in [1.54, 1.807) is 0 Å². The number of carbonyl (C=O) groups is 1. The van der Waals surface area contributed by atoms with E-state index in [1.165, 1.54) is 44.9 Å². The summed E-state index contributed by atoms with van der Waals surface area (Å²) < 4.78 is 0. The van der Waals surface area contributed by atoms with Gasteiger partial charge in [-0.2, -0.15) is 0 Å². The molecular weight excluding hydrogens is 394 g/mol. The van der Waals surface area contributed by atoms with Gasteiger partial charge in [-0.1, -0.05) is 59.5 Å². The maximum Gasteiger partial charge on any atom is 0.159 e.